The summed E-state index contributed by atoms with van der Waals surface area (Å²) in [5.74, 6) is 1.29. The molecule has 2 amide bonds. The van der Waals surface area contributed by atoms with E-state index in [1.54, 1.807) is 37.3 Å². The molecule has 1 aromatic heterocycles. The molecule has 3 aromatic rings. The highest BCUT2D eigenvalue weighted by atomic mass is 35.5. The van der Waals surface area contributed by atoms with E-state index in [9.17, 15) is 9.59 Å². The lowest BCUT2D eigenvalue weighted by atomic mass is 9.93. The van der Waals surface area contributed by atoms with Crippen LogP contribution < -0.4 is 25.0 Å². The maximum atomic E-state index is 13.1. The Morgan fingerprint density at radius 2 is 1.84 bits per heavy atom. The van der Waals surface area contributed by atoms with Crippen LogP contribution in [0.1, 0.15) is 40.3 Å². The van der Waals surface area contributed by atoms with Crippen LogP contribution in [-0.4, -0.2) is 38.4 Å². The number of rotatable bonds is 8. The van der Waals surface area contributed by atoms with E-state index in [1.807, 2.05) is 0 Å². The highest BCUT2D eigenvalue weighted by Gasteiger charge is 2.28. The van der Waals surface area contributed by atoms with Crippen LogP contribution in [0.25, 0.3) is 0 Å². The van der Waals surface area contributed by atoms with Crippen LogP contribution in [0.3, 0.4) is 0 Å². The molecule has 0 spiro atoms. The molecule has 0 fully saturated rings. The van der Waals surface area contributed by atoms with Crippen molar-refractivity contribution in [2.45, 2.75) is 26.2 Å². The summed E-state index contributed by atoms with van der Waals surface area (Å²) in [7, 11) is 3.05. The number of hydrogen-bond acceptors (Lipinski definition) is 7. The summed E-state index contributed by atoms with van der Waals surface area (Å²) in [6.07, 6.45) is 2.02. The maximum absolute atomic E-state index is 13.1. The van der Waals surface area contributed by atoms with Gasteiger partial charge >= 0.3 is 0 Å². The fraction of sp³-hybridized carbons (Fsp3) is 0.269. The molecular formula is C26H25Cl2N3O6. The van der Waals surface area contributed by atoms with E-state index in [0.29, 0.717) is 62.9 Å². The van der Waals surface area contributed by atoms with E-state index in [2.05, 4.69) is 15.8 Å². The van der Waals surface area contributed by atoms with E-state index in [-0.39, 0.29) is 12.4 Å². The number of anilines is 1. The maximum Gasteiger partial charge on any atom is 0.291 e. The number of benzene rings is 2. The Bertz CT molecular complexity index is 1370. The Morgan fingerprint density at radius 3 is 2.57 bits per heavy atom. The first kappa shape index (κ1) is 26.4. The van der Waals surface area contributed by atoms with Crippen molar-refractivity contribution < 1.29 is 28.2 Å². The summed E-state index contributed by atoms with van der Waals surface area (Å²) in [5, 5.41) is 7.89. The summed E-state index contributed by atoms with van der Waals surface area (Å²) in [6, 6.07) is 9.82. The lowest BCUT2D eigenvalue weighted by Gasteiger charge is -2.13. The van der Waals surface area contributed by atoms with Crippen LogP contribution >= 0.6 is 23.2 Å². The van der Waals surface area contributed by atoms with Gasteiger partial charge in [-0.25, -0.2) is 5.43 Å². The van der Waals surface area contributed by atoms with Gasteiger partial charge < -0.3 is 23.9 Å². The molecule has 0 unspecified atom stereocenters. The van der Waals surface area contributed by atoms with Crippen molar-refractivity contribution in [2.24, 2.45) is 5.10 Å². The summed E-state index contributed by atoms with van der Waals surface area (Å²) in [4.78, 5) is 25.5. The van der Waals surface area contributed by atoms with Crippen LogP contribution in [0, 0.1) is 6.92 Å². The van der Waals surface area contributed by atoms with Crippen LogP contribution in [0.15, 0.2) is 45.9 Å². The van der Waals surface area contributed by atoms with Gasteiger partial charge in [0.15, 0.2) is 12.4 Å². The van der Waals surface area contributed by atoms with Gasteiger partial charge in [-0.05, 0) is 50.1 Å². The number of hydrogen-bond donors (Lipinski definition) is 2. The number of carbonyl (C=O) groups excluding carboxylic acids is 2. The SMILES string of the molecule is COc1ccc(OC)c(NC(=O)c2oc3c(c2C)/C(=N/NC(=O)COc2ccc(Cl)cc2Cl)CCC3)c1. The molecule has 0 bridgehead atoms. The first-order valence-corrected chi connectivity index (χ1v) is 12.2. The van der Waals surface area contributed by atoms with Gasteiger partial charge in [0.1, 0.15) is 23.0 Å². The number of methoxy groups -OCH3 is 2. The van der Waals surface area contributed by atoms with Gasteiger partial charge in [0.25, 0.3) is 11.8 Å². The molecule has 0 atom stereocenters. The molecule has 0 aliphatic heterocycles. The number of furan rings is 1. The molecule has 1 aliphatic rings. The van der Waals surface area contributed by atoms with Crippen molar-refractivity contribution in [2.75, 3.05) is 26.1 Å². The van der Waals surface area contributed by atoms with Crippen molar-refractivity contribution in [1.29, 1.82) is 0 Å². The standard InChI is InChI=1S/C26H25Cl2N3O6/c1-14-24-18(30-31-23(32)13-36-20-9-7-15(27)11-17(20)28)5-4-6-22(24)37-25(14)26(33)29-19-12-16(34-2)8-10-21(19)35-3/h7-12H,4-6,13H2,1-3H3,(H,29,33)(H,31,32)/b30-18+. The van der Waals surface area contributed by atoms with Crippen LogP contribution in [0.5, 0.6) is 17.2 Å². The summed E-state index contributed by atoms with van der Waals surface area (Å²) >= 11 is 11.9. The van der Waals surface area contributed by atoms with Gasteiger partial charge in [-0.1, -0.05) is 23.2 Å². The molecule has 1 heterocycles. The average molecular weight is 546 g/mol. The van der Waals surface area contributed by atoms with Gasteiger partial charge in [-0.15, -0.1) is 0 Å². The molecule has 9 nitrogen and oxygen atoms in total. The van der Waals surface area contributed by atoms with Crippen LogP contribution in [-0.2, 0) is 11.2 Å². The minimum absolute atomic E-state index is 0.163. The quantitative estimate of drug-likeness (QED) is 0.366. The number of carbonyl (C=O) groups is 2. The second kappa shape index (κ2) is 11.6. The molecule has 2 aromatic carbocycles. The number of amides is 2. The Hall–Kier alpha value is -3.69. The fourth-order valence-corrected chi connectivity index (χ4v) is 4.45. The molecule has 37 heavy (non-hydrogen) atoms. The van der Waals surface area contributed by atoms with E-state index in [4.69, 9.17) is 41.8 Å². The smallest absolute Gasteiger partial charge is 0.291 e. The molecular weight excluding hydrogens is 521 g/mol. The number of halogens is 2. The second-order valence-electron chi connectivity index (χ2n) is 8.19. The van der Waals surface area contributed by atoms with Gasteiger partial charge in [0.2, 0.25) is 0 Å². The number of ether oxygens (including phenoxy) is 3. The zero-order valence-electron chi connectivity index (χ0n) is 20.4. The predicted molar refractivity (Wildman–Crippen MR) is 141 cm³/mol. The number of aryl methyl sites for hydroxylation is 1. The third-order valence-corrected chi connectivity index (χ3v) is 6.29. The van der Waals surface area contributed by atoms with Gasteiger partial charge in [0, 0.05) is 28.6 Å². The minimum Gasteiger partial charge on any atom is -0.497 e. The average Bonchev–Trinajstić information content (AvgIpc) is 3.24. The Kier molecular flexibility index (Phi) is 8.25. The molecule has 11 heteroatoms. The normalized spacial score (nSPS) is 13.6. The first-order valence-electron chi connectivity index (χ1n) is 11.4. The van der Waals surface area contributed by atoms with Crippen molar-refractivity contribution in [3.05, 3.63) is 69.1 Å². The largest absolute Gasteiger partial charge is 0.497 e. The topological polar surface area (TPSA) is 111 Å². The van der Waals surface area contributed by atoms with E-state index < -0.39 is 11.8 Å². The number of nitrogens with zero attached hydrogens (tertiary/aromatic N) is 1. The summed E-state index contributed by atoms with van der Waals surface area (Å²) in [6.45, 7) is 1.50. The van der Waals surface area contributed by atoms with E-state index >= 15 is 0 Å². The third kappa shape index (κ3) is 6.00. The van der Waals surface area contributed by atoms with Gasteiger partial charge in [-0.2, -0.15) is 5.10 Å². The number of hydrazone groups is 1. The molecule has 194 valence electrons. The van der Waals surface area contributed by atoms with Crippen molar-refractivity contribution in [1.82, 2.24) is 5.43 Å². The molecule has 2 N–H and O–H groups in total. The monoisotopic (exact) mass is 545 g/mol. The molecule has 0 saturated carbocycles. The number of nitrogens with one attached hydrogen (secondary N) is 2. The Labute approximate surface area is 223 Å². The van der Waals surface area contributed by atoms with Crippen molar-refractivity contribution in [3.8, 4) is 17.2 Å². The highest BCUT2D eigenvalue weighted by Crippen LogP contribution is 2.33. The molecule has 4 rings (SSSR count). The zero-order chi connectivity index (χ0) is 26.5. The second-order valence-corrected chi connectivity index (χ2v) is 9.03. The lowest BCUT2D eigenvalue weighted by molar-refractivity contribution is -0.123. The third-order valence-electron chi connectivity index (χ3n) is 5.76. The Morgan fingerprint density at radius 1 is 1.05 bits per heavy atom. The zero-order valence-corrected chi connectivity index (χ0v) is 22.0. The predicted octanol–water partition coefficient (Wildman–Crippen LogP) is 5.40. The van der Waals surface area contributed by atoms with E-state index in [0.717, 1.165) is 12.0 Å². The molecule has 0 saturated heterocycles. The summed E-state index contributed by atoms with van der Waals surface area (Å²) < 4.78 is 22.0. The minimum atomic E-state index is -0.463. The van der Waals surface area contributed by atoms with Crippen LogP contribution in [0.4, 0.5) is 5.69 Å². The first-order chi connectivity index (χ1) is 17.8. The molecule has 1 aliphatic carbocycles. The van der Waals surface area contributed by atoms with Crippen molar-refractivity contribution in [3.63, 3.8) is 0 Å². The van der Waals surface area contributed by atoms with Gasteiger partial charge in [-0.3, -0.25) is 9.59 Å². The Balaban J connectivity index is 1.48. The lowest BCUT2D eigenvalue weighted by Crippen LogP contribution is -2.27. The van der Waals surface area contributed by atoms with Gasteiger partial charge in [0.05, 0.1) is 30.6 Å². The number of fused-ring (bicyclic) bond motifs is 1. The summed E-state index contributed by atoms with van der Waals surface area (Å²) in [5.41, 5.74) is 4.93. The highest BCUT2D eigenvalue weighted by molar-refractivity contribution is 6.35. The van der Waals surface area contributed by atoms with E-state index in [1.165, 1.54) is 20.3 Å². The fourth-order valence-electron chi connectivity index (χ4n) is 3.99. The van der Waals surface area contributed by atoms with Crippen molar-refractivity contribution >= 4 is 46.4 Å². The molecule has 0 radical (unpaired) electrons. The van der Waals surface area contributed by atoms with Crippen LogP contribution in [0.2, 0.25) is 10.0 Å².